The highest BCUT2D eigenvalue weighted by Crippen LogP contribution is 2.30. The highest BCUT2D eigenvalue weighted by Gasteiger charge is 2.24. The van der Waals surface area contributed by atoms with Crippen LogP contribution in [0.2, 0.25) is 0 Å². The molecular formula is C24H31N5O4S. The van der Waals surface area contributed by atoms with Crippen LogP contribution in [0.5, 0.6) is 0 Å². The van der Waals surface area contributed by atoms with Crippen molar-refractivity contribution in [2.75, 3.05) is 36.4 Å². The Morgan fingerprint density at radius 1 is 1.00 bits per heavy atom. The molecular weight excluding hydrogens is 454 g/mol. The Morgan fingerprint density at radius 3 is 2.32 bits per heavy atom. The summed E-state index contributed by atoms with van der Waals surface area (Å²) in [4.78, 5) is 31.8. The third kappa shape index (κ3) is 5.13. The van der Waals surface area contributed by atoms with Gasteiger partial charge in [-0.05, 0) is 44.2 Å². The van der Waals surface area contributed by atoms with E-state index in [-0.39, 0.29) is 11.4 Å². The summed E-state index contributed by atoms with van der Waals surface area (Å²) in [5, 5.41) is 2.84. The number of carbonyl (C=O) groups excluding carboxylic acids is 1. The highest BCUT2D eigenvalue weighted by atomic mass is 32.2. The minimum absolute atomic E-state index is 0.105. The molecule has 0 aliphatic carbocycles. The average Bonchev–Trinajstić information content (AvgIpc) is 2.83. The number of rotatable bonds is 10. The number of para-hydroxylation sites is 2. The zero-order chi connectivity index (χ0) is 24.9. The van der Waals surface area contributed by atoms with E-state index in [0.717, 1.165) is 0 Å². The van der Waals surface area contributed by atoms with Crippen LogP contribution in [0.3, 0.4) is 0 Å². The molecule has 2 aromatic carbocycles. The minimum atomic E-state index is -3.71. The van der Waals surface area contributed by atoms with Crippen molar-refractivity contribution in [2.45, 2.75) is 39.1 Å². The molecule has 10 heteroatoms. The van der Waals surface area contributed by atoms with E-state index in [4.69, 9.17) is 0 Å². The van der Waals surface area contributed by atoms with Gasteiger partial charge in [-0.25, -0.2) is 13.4 Å². The van der Waals surface area contributed by atoms with E-state index in [2.05, 4.69) is 10.3 Å². The summed E-state index contributed by atoms with van der Waals surface area (Å²) in [6.45, 7) is 9.34. The maximum absolute atomic E-state index is 13.1. The fourth-order valence-corrected chi connectivity index (χ4v) is 5.42. The molecule has 0 aliphatic rings. The van der Waals surface area contributed by atoms with Crippen molar-refractivity contribution >= 4 is 38.3 Å². The standard InChI is InChI=1S/C24H31N5O4S/c1-5-27(6-2)21-14-13-18(34(32,33)28(7-3)8-4)15-20(21)26-23(30)17-29-22-12-10-9-11-19(22)25-16-24(29)31/h9-16H,5-8,17H2,1-4H3,(H,26,30). The van der Waals surface area contributed by atoms with E-state index in [1.54, 1.807) is 44.2 Å². The summed E-state index contributed by atoms with van der Waals surface area (Å²) in [5.74, 6) is -0.441. The van der Waals surface area contributed by atoms with Crippen LogP contribution in [0.4, 0.5) is 11.4 Å². The Morgan fingerprint density at radius 2 is 1.68 bits per heavy atom. The maximum Gasteiger partial charge on any atom is 0.269 e. The van der Waals surface area contributed by atoms with Gasteiger partial charge in [0.15, 0.2) is 0 Å². The van der Waals surface area contributed by atoms with Crippen molar-refractivity contribution in [2.24, 2.45) is 0 Å². The van der Waals surface area contributed by atoms with Crippen LogP contribution < -0.4 is 15.8 Å². The number of benzene rings is 2. The number of aromatic nitrogens is 2. The lowest BCUT2D eigenvalue weighted by atomic mass is 10.2. The molecule has 34 heavy (non-hydrogen) atoms. The van der Waals surface area contributed by atoms with E-state index in [1.807, 2.05) is 24.8 Å². The van der Waals surface area contributed by atoms with Gasteiger partial charge in [-0.1, -0.05) is 26.0 Å². The predicted molar refractivity (Wildman–Crippen MR) is 135 cm³/mol. The molecule has 0 fully saturated rings. The van der Waals surface area contributed by atoms with Crippen LogP contribution in [0.15, 0.2) is 58.4 Å². The summed E-state index contributed by atoms with van der Waals surface area (Å²) in [6.07, 6.45) is 1.19. The lowest BCUT2D eigenvalue weighted by Crippen LogP contribution is -2.31. The smallest absolute Gasteiger partial charge is 0.269 e. The van der Waals surface area contributed by atoms with Gasteiger partial charge in [0.1, 0.15) is 6.54 Å². The summed E-state index contributed by atoms with van der Waals surface area (Å²) in [7, 11) is -3.71. The summed E-state index contributed by atoms with van der Waals surface area (Å²) >= 11 is 0. The molecule has 0 unspecified atom stereocenters. The van der Waals surface area contributed by atoms with Gasteiger partial charge in [-0.3, -0.25) is 14.2 Å². The fraction of sp³-hybridized carbons (Fsp3) is 0.375. The third-order valence-electron chi connectivity index (χ3n) is 5.74. The average molecular weight is 486 g/mol. The number of carbonyl (C=O) groups is 1. The topological polar surface area (TPSA) is 105 Å². The van der Waals surface area contributed by atoms with Gasteiger partial charge in [0, 0.05) is 26.2 Å². The monoisotopic (exact) mass is 485 g/mol. The van der Waals surface area contributed by atoms with Crippen molar-refractivity contribution in [3.05, 3.63) is 59.0 Å². The molecule has 1 N–H and O–H groups in total. The first kappa shape index (κ1) is 25.4. The molecule has 0 aliphatic heterocycles. The van der Waals surface area contributed by atoms with Crippen LogP contribution in [0.1, 0.15) is 27.7 Å². The second-order valence-corrected chi connectivity index (χ2v) is 9.60. The Balaban J connectivity index is 2.01. The molecule has 0 spiro atoms. The van der Waals surface area contributed by atoms with Gasteiger partial charge < -0.3 is 10.2 Å². The predicted octanol–water partition coefficient (Wildman–Crippen LogP) is 2.91. The van der Waals surface area contributed by atoms with Gasteiger partial charge in [-0.2, -0.15) is 4.31 Å². The van der Waals surface area contributed by atoms with Crippen LogP contribution in [0, 0.1) is 0 Å². The molecule has 1 heterocycles. The largest absolute Gasteiger partial charge is 0.370 e. The molecule has 0 atom stereocenters. The highest BCUT2D eigenvalue weighted by molar-refractivity contribution is 7.89. The third-order valence-corrected chi connectivity index (χ3v) is 7.79. The summed E-state index contributed by atoms with van der Waals surface area (Å²) < 4.78 is 28.9. The number of fused-ring (bicyclic) bond motifs is 1. The SMILES string of the molecule is CCN(CC)c1ccc(S(=O)(=O)N(CC)CC)cc1NC(=O)Cn1c(=O)cnc2ccccc21. The van der Waals surface area contributed by atoms with E-state index >= 15 is 0 Å². The molecule has 3 aromatic rings. The van der Waals surface area contributed by atoms with Crippen LogP contribution >= 0.6 is 0 Å². The van der Waals surface area contributed by atoms with E-state index in [1.165, 1.54) is 21.1 Å². The summed E-state index contributed by atoms with van der Waals surface area (Å²) in [5.41, 5.74) is 1.85. The van der Waals surface area contributed by atoms with Crippen molar-refractivity contribution < 1.29 is 13.2 Å². The second-order valence-electron chi connectivity index (χ2n) is 7.66. The van der Waals surface area contributed by atoms with Crippen LogP contribution in [-0.4, -0.2) is 54.4 Å². The van der Waals surface area contributed by atoms with Crippen LogP contribution in [-0.2, 0) is 21.4 Å². The van der Waals surface area contributed by atoms with Crippen molar-refractivity contribution in [1.29, 1.82) is 0 Å². The Hall–Kier alpha value is -3.24. The first-order valence-corrected chi connectivity index (χ1v) is 12.8. The number of nitrogens with zero attached hydrogens (tertiary/aromatic N) is 4. The molecule has 3 rings (SSSR count). The van der Waals surface area contributed by atoms with Crippen molar-refractivity contribution in [3.63, 3.8) is 0 Å². The number of hydrogen-bond acceptors (Lipinski definition) is 6. The molecule has 9 nitrogen and oxygen atoms in total. The minimum Gasteiger partial charge on any atom is -0.370 e. The second kappa shape index (κ2) is 10.8. The van der Waals surface area contributed by atoms with Gasteiger partial charge in [0.05, 0.1) is 33.5 Å². The molecule has 1 aromatic heterocycles. The number of sulfonamides is 1. The Kier molecular flexibility index (Phi) is 8.06. The summed E-state index contributed by atoms with van der Waals surface area (Å²) in [6, 6.07) is 11.9. The quantitative estimate of drug-likeness (QED) is 0.474. The van der Waals surface area contributed by atoms with E-state index in [9.17, 15) is 18.0 Å². The number of anilines is 2. The van der Waals surface area contributed by atoms with Crippen molar-refractivity contribution in [3.8, 4) is 0 Å². The molecule has 0 radical (unpaired) electrons. The fourth-order valence-electron chi connectivity index (χ4n) is 3.94. The number of amides is 1. The lowest BCUT2D eigenvalue weighted by molar-refractivity contribution is -0.116. The van der Waals surface area contributed by atoms with Gasteiger partial charge in [0.2, 0.25) is 15.9 Å². The number of hydrogen-bond donors (Lipinski definition) is 1. The van der Waals surface area contributed by atoms with Gasteiger partial charge >= 0.3 is 0 Å². The first-order chi connectivity index (χ1) is 16.3. The lowest BCUT2D eigenvalue weighted by Gasteiger charge is -2.26. The normalized spacial score (nSPS) is 11.7. The van der Waals surface area contributed by atoms with E-state index in [0.29, 0.717) is 48.6 Å². The zero-order valence-corrected chi connectivity index (χ0v) is 20.8. The van der Waals surface area contributed by atoms with Gasteiger partial charge in [0.25, 0.3) is 5.56 Å². The number of nitrogens with one attached hydrogen (secondary N) is 1. The molecule has 1 amide bonds. The molecule has 0 saturated heterocycles. The Labute approximate surface area is 200 Å². The van der Waals surface area contributed by atoms with E-state index < -0.39 is 21.5 Å². The van der Waals surface area contributed by atoms with Crippen molar-refractivity contribution in [1.82, 2.24) is 13.9 Å². The molecule has 0 saturated carbocycles. The van der Waals surface area contributed by atoms with Gasteiger partial charge in [-0.15, -0.1) is 0 Å². The Bertz CT molecular complexity index is 1330. The molecule has 182 valence electrons. The first-order valence-electron chi connectivity index (χ1n) is 11.4. The molecule has 0 bridgehead atoms. The maximum atomic E-state index is 13.1. The zero-order valence-electron chi connectivity index (χ0n) is 20.0. The van der Waals surface area contributed by atoms with Crippen LogP contribution in [0.25, 0.3) is 11.0 Å².